The van der Waals surface area contributed by atoms with Crippen LogP contribution in [0.15, 0.2) is 164 Å². The molecule has 2 bridgehead atoms. The second kappa shape index (κ2) is 15.2. The average molecular weight is 763 g/mol. The maximum Gasteiger partial charge on any atom is 0.164 e. The molecule has 2 unspecified atom stereocenters. The fourth-order valence-corrected chi connectivity index (χ4v) is 10.5. The Morgan fingerprint density at radius 3 is 1.61 bits per heavy atom. The van der Waals surface area contributed by atoms with E-state index in [0.29, 0.717) is 23.0 Å². The molecular formula is C55H46N4. The quantitative estimate of drug-likeness (QED) is 0.162. The van der Waals surface area contributed by atoms with Crippen LogP contribution in [0.5, 0.6) is 0 Å². The molecule has 0 aliphatic heterocycles. The van der Waals surface area contributed by atoms with E-state index in [9.17, 15) is 5.26 Å². The Morgan fingerprint density at radius 1 is 0.458 bits per heavy atom. The van der Waals surface area contributed by atoms with Crippen LogP contribution in [0, 0.1) is 29.1 Å². The fourth-order valence-electron chi connectivity index (χ4n) is 10.5. The first kappa shape index (κ1) is 36.6. The SMILES string of the molecule is C[C@@H]1CC2C[C@H](C)CC(c3ccc(-c4nc(-c5cccc(-c6ccc7c(C#N)cccc7c6)c5)nc(-c5cc(-c6ccccc6)cc(-c6ccccc6)c5)n4)cc3)(C2)C1. The van der Waals surface area contributed by atoms with Crippen LogP contribution in [0.2, 0.25) is 0 Å². The summed E-state index contributed by atoms with van der Waals surface area (Å²) in [6, 6.07) is 59.9. The van der Waals surface area contributed by atoms with Gasteiger partial charge in [0.15, 0.2) is 17.5 Å². The van der Waals surface area contributed by atoms with Crippen LogP contribution in [0.1, 0.15) is 57.1 Å². The molecule has 10 rings (SSSR count). The van der Waals surface area contributed by atoms with Gasteiger partial charge in [-0.15, -0.1) is 0 Å². The molecule has 7 aromatic carbocycles. The van der Waals surface area contributed by atoms with Gasteiger partial charge in [-0.25, -0.2) is 15.0 Å². The summed E-state index contributed by atoms with van der Waals surface area (Å²) in [6.07, 6.45) is 6.56. The fraction of sp³-hybridized carbons (Fsp3) is 0.200. The third-order valence-electron chi connectivity index (χ3n) is 12.9. The van der Waals surface area contributed by atoms with Gasteiger partial charge in [0.05, 0.1) is 11.6 Å². The van der Waals surface area contributed by atoms with Crippen molar-refractivity contribution in [1.29, 1.82) is 5.26 Å². The van der Waals surface area contributed by atoms with Crippen molar-refractivity contribution in [3.63, 3.8) is 0 Å². The van der Waals surface area contributed by atoms with Gasteiger partial charge in [0.2, 0.25) is 0 Å². The van der Waals surface area contributed by atoms with Crippen LogP contribution in [-0.2, 0) is 5.41 Å². The van der Waals surface area contributed by atoms with Crippen LogP contribution in [0.3, 0.4) is 0 Å². The van der Waals surface area contributed by atoms with E-state index in [1.807, 2.05) is 18.2 Å². The molecule has 2 saturated carbocycles. The Morgan fingerprint density at radius 2 is 0.966 bits per heavy atom. The summed E-state index contributed by atoms with van der Waals surface area (Å²) in [4.78, 5) is 15.8. The largest absolute Gasteiger partial charge is 0.208 e. The van der Waals surface area contributed by atoms with E-state index in [1.54, 1.807) is 0 Å². The number of fused-ring (bicyclic) bond motifs is 3. The highest BCUT2D eigenvalue weighted by Crippen LogP contribution is 2.54. The highest BCUT2D eigenvalue weighted by molar-refractivity contribution is 5.92. The smallest absolute Gasteiger partial charge is 0.164 e. The summed E-state index contributed by atoms with van der Waals surface area (Å²) in [6.45, 7) is 4.91. The number of nitrogens with zero attached hydrogens (tertiary/aromatic N) is 4. The van der Waals surface area contributed by atoms with E-state index in [-0.39, 0.29) is 5.41 Å². The van der Waals surface area contributed by atoms with Crippen molar-refractivity contribution in [2.24, 2.45) is 17.8 Å². The molecule has 2 fully saturated rings. The summed E-state index contributed by atoms with van der Waals surface area (Å²) in [5.74, 6) is 4.24. The lowest BCUT2D eigenvalue weighted by atomic mass is 9.54. The molecule has 1 aromatic heterocycles. The van der Waals surface area contributed by atoms with Crippen molar-refractivity contribution in [1.82, 2.24) is 15.0 Å². The standard InChI is InChI=1S/C55H46N4/c1-36-25-38-26-37(2)33-55(32-36,34-38)50-22-19-41(20-23-50)52-57-53(45-17-9-15-42(28-45)43-21-24-51-44(27-43)16-10-18-46(51)35-56)59-54(58-52)49-30-47(39-11-5-3-6-12-39)29-48(31-49)40-13-7-4-8-14-40/h3-24,27-31,36-38H,25-26,32-34H2,1-2H3/t36-,37+,38?,55?. The van der Waals surface area contributed by atoms with E-state index in [2.05, 4.69) is 166 Å². The van der Waals surface area contributed by atoms with Crippen LogP contribution < -0.4 is 0 Å². The molecule has 8 aromatic rings. The van der Waals surface area contributed by atoms with Crippen LogP contribution in [0.4, 0.5) is 0 Å². The van der Waals surface area contributed by atoms with Crippen LogP contribution in [0.25, 0.3) is 78.3 Å². The topological polar surface area (TPSA) is 62.5 Å². The first-order valence-electron chi connectivity index (χ1n) is 21.1. The number of benzene rings is 7. The normalized spacial score (nSPS) is 19.9. The first-order chi connectivity index (χ1) is 28.9. The van der Waals surface area contributed by atoms with Gasteiger partial charge in [0, 0.05) is 16.7 Å². The predicted molar refractivity (Wildman–Crippen MR) is 241 cm³/mol. The van der Waals surface area contributed by atoms with Crippen molar-refractivity contribution in [2.75, 3.05) is 0 Å². The second-order valence-corrected chi connectivity index (χ2v) is 17.3. The number of hydrogen-bond donors (Lipinski definition) is 0. The molecule has 59 heavy (non-hydrogen) atoms. The molecule has 0 radical (unpaired) electrons. The van der Waals surface area contributed by atoms with Crippen molar-refractivity contribution >= 4 is 10.8 Å². The zero-order chi connectivity index (χ0) is 39.9. The zero-order valence-electron chi connectivity index (χ0n) is 33.6. The van der Waals surface area contributed by atoms with Crippen molar-refractivity contribution in [3.05, 3.63) is 175 Å². The molecule has 4 atom stereocenters. The minimum Gasteiger partial charge on any atom is -0.208 e. The Bertz CT molecular complexity index is 2780. The minimum absolute atomic E-state index is 0.249. The number of rotatable bonds is 7. The maximum atomic E-state index is 9.70. The van der Waals surface area contributed by atoms with E-state index < -0.39 is 0 Å². The van der Waals surface area contributed by atoms with Gasteiger partial charge >= 0.3 is 0 Å². The first-order valence-corrected chi connectivity index (χ1v) is 21.1. The zero-order valence-corrected chi connectivity index (χ0v) is 33.6. The summed E-state index contributed by atoms with van der Waals surface area (Å²) in [7, 11) is 0. The van der Waals surface area contributed by atoms with Crippen molar-refractivity contribution in [2.45, 2.75) is 51.4 Å². The average Bonchev–Trinajstić information content (AvgIpc) is 3.28. The van der Waals surface area contributed by atoms with Crippen molar-refractivity contribution < 1.29 is 0 Å². The third-order valence-corrected chi connectivity index (χ3v) is 12.9. The summed E-state index contributed by atoms with van der Waals surface area (Å²) in [5, 5.41) is 11.7. The molecule has 4 heteroatoms. The summed E-state index contributed by atoms with van der Waals surface area (Å²) in [5.41, 5.74) is 11.8. The van der Waals surface area contributed by atoms with Crippen molar-refractivity contribution in [3.8, 4) is 73.6 Å². The Kier molecular flexibility index (Phi) is 9.46. The van der Waals surface area contributed by atoms with Crippen LogP contribution >= 0.6 is 0 Å². The van der Waals surface area contributed by atoms with E-state index in [4.69, 9.17) is 15.0 Å². The third kappa shape index (κ3) is 7.23. The minimum atomic E-state index is 0.249. The van der Waals surface area contributed by atoms with Gasteiger partial charge in [-0.3, -0.25) is 0 Å². The predicted octanol–water partition coefficient (Wildman–Crippen LogP) is 14.0. The Labute approximate surface area is 347 Å². The Hall–Kier alpha value is -6.70. The highest BCUT2D eigenvalue weighted by atomic mass is 15.0. The number of hydrogen-bond acceptors (Lipinski definition) is 4. The molecule has 286 valence electrons. The van der Waals surface area contributed by atoms with E-state index in [0.717, 1.165) is 78.6 Å². The molecule has 2 aliphatic rings. The van der Waals surface area contributed by atoms with Gasteiger partial charge in [-0.2, -0.15) is 5.26 Å². The molecule has 0 spiro atoms. The molecule has 4 nitrogen and oxygen atoms in total. The van der Waals surface area contributed by atoms with Gasteiger partial charge < -0.3 is 0 Å². The lowest BCUT2D eigenvalue weighted by Crippen LogP contribution is -2.42. The molecular weight excluding hydrogens is 717 g/mol. The molecule has 0 N–H and O–H groups in total. The van der Waals surface area contributed by atoms with E-state index >= 15 is 0 Å². The van der Waals surface area contributed by atoms with Gasteiger partial charge in [-0.1, -0.05) is 141 Å². The van der Waals surface area contributed by atoms with Gasteiger partial charge in [-0.05, 0) is 141 Å². The number of aromatic nitrogens is 3. The summed E-state index contributed by atoms with van der Waals surface area (Å²) < 4.78 is 0. The second-order valence-electron chi connectivity index (χ2n) is 17.3. The van der Waals surface area contributed by atoms with E-state index in [1.165, 1.54) is 37.7 Å². The summed E-state index contributed by atoms with van der Waals surface area (Å²) >= 11 is 0. The molecule has 2 aliphatic carbocycles. The van der Waals surface area contributed by atoms with Gasteiger partial charge in [0.25, 0.3) is 0 Å². The maximum absolute atomic E-state index is 9.70. The number of nitriles is 1. The molecule has 1 heterocycles. The monoisotopic (exact) mass is 762 g/mol. The Balaban J connectivity index is 1.11. The van der Waals surface area contributed by atoms with Crippen LogP contribution in [-0.4, -0.2) is 15.0 Å². The molecule has 0 saturated heterocycles. The lowest BCUT2D eigenvalue weighted by molar-refractivity contribution is 0.0780. The lowest BCUT2D eigenvalue weighted by Gasteiger charge is -2.50. The van der Waals surface area contributed by atoms with Gasteiger partial charge in [0.1, 0.15) is 0 Å². The highest BCUT2D eigenvalue weighted by Gasteiger charge is 2.45. The molecule has 0 amide bonds.